The Morgan fingerprint density at radius 3 is 2.43 bits per heavy atom. The zero-order valence-electron chi connectivity index (χ0n) is 13.5. The quantitative estimate of drug-likeness (QED) is 0.850. The van der Waals surface area contributed by atoms with Crippen molar-refractivity contribution < 1.29 is 19.1 Å². The minimum Gasteiger partial charge on any atom is -0.481 e. The molecule has 122 valence electrons. The van der Waals surface area contributed by atoms with Crippen molar-refractivity contribution in [2.75, 3.05) is 12.4 Å². The minimum absolute atomic E-state index is 0.319. The molecule has 1 amide bonds. The van der Waals surface area contributed by atoms with Crippen molar-refractivity contribution in [3.63, 3.8) is 0 Å². The van der Waals surface area contributed by atoms with Crippen LogP contribution in [0.3, 0.4) is 0 Å². The van der Waals surface area contributed by atoms with Gasteiger partial charge in [0.25, 0.3) is 5.91 Å². The van der Waals surface area contributed by atoms with Crippen LogP contribution >= 0.6 is 11.3 Å². The van der Waals surface area contributed by atoms with Gasteiger partial charge < -0.3 is 14.8 Å². The third kappa shape index (κ3) is 3.90. The van der Waals surface area contributed by atoms with Gasteiger partial charge in [-0.25, -0.2) is 4.79 Å². The maximum absolute atomic E-state index is 12.3. The minimum atomic E-state index is -0.689. The molecule has 0 fully saturated rings. The topological polar surface area (TPSA) is 64.6 Å². The van der Waals surface area contributed by atoms with E-state index in [0.717, 1.165) is 10.4 Å². The summed E-state index contributed by atoms with van der Waals surface area (Å²) in [5, 5.41) is 3.25. The van der Waals surface area contributed by atoms with Gasteiger partial charge in [-0.15, -0.1) is 11.3 Å². The summed E-state index contributed by atoms with van der Waals surface area (Å²) < 4.78 is 10.4. The lowest BCUT2D eigenvalue weighted by Crippen LogP contribution is -2.30. The highest BCUT2D eigenvalue weighted by Crippen LogP contribution is 2.33. The van der Waals surface area contributed by atoms with Crippen molar-refractivity contribution in [3.8, 4) is 5.75 Å². The summed E-state index contributed by atoms with van der Waals surface area (Å²) in [7, 11) is 1.32. The fourth-order valence-electron chi connectivity index (χ4n) is 2.03. The normalized spacial score (nSPS) is 11.7. The largest absolute Gasteiger partial charge is 0.481 e. The predicted octanol–water partition coefficient (Wildman–Crippen LogP) is 3.56. The van der Waals surface area contributed by atoms with Gasteiger partial charge in [-0.2, -0.15) is 0 Å². The van der Waals surface area contributed by atoms with Gasteiger partial charge in [0.05, 0.1) is 12.7 Å². The number of ether oxygens (including phenoxy) is 2. The van der Waals surface area contributed by atoms with Crippen LogP contribution in [0.5, 0.6) is 5.75 Å². The molecule has 1 N–H and O–H groups in total. The lowest BCUT2D eigenvalue weighted by molar-refractivity contribution is -0.122. The molecule has 5 nitrogen and oxygen atoms in total. The Morgan fingerprint density at radius 2 is 1.83 bits per heavy atom. The lowest BCUT2D eigenvalue weighted by Gasteiger charge is -2.14. The van der Waals surface area contributed by atoms with E-state index in [1.165, 1.54) is 18.4 Å². The Hall–Kier alpha value is -2.34. The number of methoxy groups -OCH3 is 1. The van der Waals surface area contributed by atoms with E-state index < -0.39 is 12.1 Å². The van der Waals surface area contributed by atoms with Crippen LogP contribution in [0, 0.1) is 13.8 Å². The van der Waals surface area contributed by atoms with Gasteiger partial charge in [-0.1, -0.05) is 18.2 Å². The second-order valence-corrected chi connectivity index (χ2v) is 6.27. The van der Waals surface area contributed by atoms with Gasteiger partial charge in [0.2, 0.25) is 0 Å². The molecule has 6 heteroatoms. The molecule has 1 aromatic carbocycles. The maximum atomic E-state index is 12.3. The molecular weight excluding hydrogens is 314 g/mol. The fourth-order valence-corrected chi connectivity index (χ4v) is 3.08. The highest BCUT2D eigenvalue weighted by atomic mass is 32.1. The van der Waals surface area contributed by atoms with Crippen LogP contribution in [0.1, 0.15) is 27.7 Å². The summed E-state index contributed by atoms with van der Waals surface area (Å²) in [4.78, 5) is 25.2. The van der Waals surface area contributed by atoms with Gasteiger partial charge in [0.15, 0.2) is 6.10 Å². The van der Waals surface area contributed by atoms with Crippen LogP contribution in [-0.4, -0.2) is 25.1 Å². The third-order valence-corrected chi connectivity index (χ3v) is 4.56. The molecule has 0 aliphatic heterocycles. The van der Waals surface area contributed by atoms with Crippen molar-refractivity contribution in [1.82, 2.24) is 0 Å². The molecule has 0 unspecified atom stereocenters. The summed E-state index contributed by atoms with van der Waals surface area (Å²) in [6, 6.07) is 9.10. The number of carbonyl (C=O) groups excluding carboxylic acids is 2. The summed E-state index contributed by atoms with van der Waals surface area (Å²) in [6.07, 6.45) is -0.689. The Kier molecular flexibility index (Phi) is 5.39. The molecule has 0 spiro atoms. The molecule has 0 saturated heterocycles. The van der Waals surface area contributed by atoms with E-state index in [2.05, 4.69) is 5.32 Å². The average Bonchev–Trinajstić information content (AvgIpc) is 2.82. The third-order valence-electron chi connectivity index (χ3n) is 3.44. The molecule has 1 atom stereocenters. The second kappa shape index (κ2) is 7.28. The number of benzene rings is 1. The highest BCUT2D eigenvalue weighted by molar-refractivity contribution is 7.16. The van der Waals surface area contributed by atoms with Crippen LogP contribution in [-0.2, 0) is 9.53 Å². The Balaban J connectivity index is 2.14. The molecule has 0 bridgehead atoms. The number of amides is 1. The highest BCUT2D eigenvalue weighted by Gasteiger charge is 2.23. The van der Waals surface area contributed by atoms with Crippen molar-refractivity contribution >= 4 is 28.2 Å². The van der Waals surface area contributed by atoms with Gasteiger partial charge in [-0.05, 0) is 38.5 Å². The number of aryl methyl sites for hydroxylation is 1. The summed E-state index contributed by atoms with van der Waals surface area (Å²) in [5.74, 6) is -0.166. The van der Waals surface area contributed by atoms with E-state index in [4.69, 9.17) is 9.47 Å². The zero-order chi connectivity index (χ0) is 17.0. The Morgan fingerprint density at radius 1 is 1.17 bits per heavy atom. The average molecular weight is 333 g/mol. The Labute approximate surface area is 139 Å². The first-order valence-electron chi connectivity index (χ1n) is 7.15. The number of hydrogen-bond acceptors (Lipinski definition) is 5. The van der Waals surface area contributed by atoms with E-state index in [0.29, 0.717) is 16.3 Å². The molecule has 1 heterocycles. The fraction of sp³-hybridized carbons (Fsp3) is 0.294. The van der Waals surface area contributed by atoms with Gasteiger partial charge >= 0.3 is 5.97 Å². The van der Waals surface area contributed by atoms with Gasteiger partial charge in [-0.3, -0.25) is 4.79 Å². The molecule has 2 aromatic rings. The molecule has 0 saturated carbocycles. The van der Waals surface area contributed by atoms with Crippen LogP contribution in [0.4, 0.5) is 5.00 Å². The number of rotatable bonds is 5. The first-order chi connectivity index (χ1) is 10.9. The Bertz CT molecular complexity index is 709. The SMILES string of the molecule is COC(=O)c1c(NC(=O)[C@H](C)Oc2ccccc2)sc(C)c1C. The molecular formula is C17H19NO4S. The monoisotopic (exact) mass is 333 g/mol. The van der Waals surface area contributed by atoms with Crippen LogP contribution < -0.4 is 10.1 Å². The molecule has 0 aliphatic carbocycles. The molecule has 0 radical (unpaired) electrons. The van der Waals surface area contributed by atoms with E-state index >= 15 is 0 Å². The first-order valence-corrected chi connectivity index (χ1v) is 7.96. The van der Waals surface area contributed by atoms with Crippen LogP contribution in [0.25, 0.3) is 0 Å². The molecule has 0 aliphatic rings. The van der Waals surface area contributed by atoms with Crippen molar-refractivity contribution in [3.05, 3.63) is 46.3 Å². The van der Waals surface area contributed by atoms with Gasteiger partial charge in [0.1, 0.15) is 10.8 Å². The van der Waals surface area contributed by atoms with Crippen molar-refractivity contribution in [1.29, 1.82) is 0 Å². The van der Waals surface area contributed by atoms with Crippen molar-refractivity contribution in [2.45, 2.75) is 26.9 Å². The van der Waals surface area contributed by atoms with E-state index in [1.54, 1.807) is 19.1 Å². The molecule has 2 rings (SSSR count). The number of para-hydroxylation sites is 1. The number of nitrogens with one attached hydrogen (secondary N) is 1. The zero-order valence-corrected chi connectivity index (χ0v) is 14.3. The molecule has 23 heavy (non-hydrogen) atoms. The van der Waals surface area contributed by atoms with Crippen molar-refractivity contribution in [2.24, 2.45) is 0 Å². The predicted molar refractivity (Wildman–Crippen MR) is 90.3 cm³/mol. The van der Waals surface area contributed by atoms with E-state index in [1.807, 2.05) is 32.0 Å². The number of anilines is 1. The number of thiophene rings is 1. The summed E-state index contributed by atoms with van der Waals surface area (Å²) >= 11 is 1.35. The number of carbonyl (C=O) groups is 2. The summed E-state index contributed by atoms with van der Waals surface area (Å²) in [6.45, 7) is 5.39. The van der Waals surface area contributed by atoms with Crippen LogP contribution in [0.2, 0.25) is 0 Å². The van der Waals surface area contributed by atoms with Crippen LogP contribution in [0.15, 0.2) is 30.3 Å². The lowest BCUT2D eigenvalue weighted by atomic mass is 10.1. The number of hydrogen-bond donors (Lipinski definition) is 1. The maximum Gasteiger partial charge on any atom is 0.341 e. The van der Waals surface area contributed by atoms with E-state index in [9.17, 15) is 9.59 Å². The van der Waals surface area contributed by atoms with Gasteiger partial charge in [0, 0.05) is 4.88 Å². The first kappa shape index (κ1) is 17.0. The molecule has 1 aromatic heterocycles. The standard InChI is InChI=1S/C17H19NO4S/c1-10-12(3)23-16(14(10)17(20)21-4)18-15(19)11(2)22-13-8-6-5-7-9-13/h5-9,11H,1-4H3,(H,18,19)/t11-/m0/s1. The number of esters is 1. The summed E-state index contributed by atoms with van der Waals surface area (Å²) in [5.41, 5.74) is 1.21. The smallest absolute Gasteiger partial charge is 0.341 e. The van der Waals surface area contributed by atoms with E-state index in [-0.39, 0.29) is 5.91 Å². The second-order valence-electron chi connectivity index (χ2n) is 5.04.